The van der Waals surface area contributed by atoms with E-state index in [4.69, 9.17) is 0 Å². The van der Waals surface area contributed by atoms with Gasteiger partial charge in [-0.15, -0.1) is 0 Å². The average Bonchev–Trinajstić information content (AvgIpc) is 3.16. The lowest BCUT2D eigenvalue weighted by atomic mass is 9.89. The van der Waals surface area contributed by atoms with Crippen LogP contribution in [0.2, 0.25) is 0 Å². The summed E-state index contributed by atoms with van der Waals surface area (Å²) in [6.07, 6.45) is 1.03. The standard InChI is InChI=1S/C21H21F3N4O/c22-21(23,24)15-3-1-4-16(11-15)26-13-19(29)28-9-6-14(7-10-28)18-12-27-20-17(18)5-2-8-25-20/h1-5,8,11-12,14,26H,6-7,9-10,13H2,(H,25,27). The fraction of sp³-hybridized carbons (Fsp3) is 0.333. The number of benzene rings is 1. The van der Waals surface area contributed by atoms with Crippen molar-refractivity contribution >= 4 is 22.6 Å². The van der Waals surface area contributed by atoms with Gasteiger partial charge in [0.1, 0.15) is 5.65 Å². The number of likely N-dealkylation sites (tertiary alicyclic amines) is 1. The number of nitrogens with one attached hydrogen (secondary N) is 2. The van der Waals surface area contributed by atoms with Crippen LogP contribution in [0.4, 0.5) is 18.9 Å². The number of amides is 1. The highest BCUT2D eigenvalue weighted by atomic mass is 19.4. The summed E-state index contributed by atoms with van der Waals surface area (Å²) < 4.78 is 38.4. The molecule has 2 aromatic heterocycles. The van der Waals surface area contributed by atoms with Crippen LogP contribution in [0.3, 0.4) is 0 Å². The molecule has 0 atom stereocenters. The summed E-state index contributed by atoms with van der Waals surface area (Å²) in [7, 11) is 0. The number of aromatic amines is 1. The van der Waals surface area contributed by atoms with Gasteiger partial charge in [-0.25, -0.2) is 4.98 Å². The number of pyridine rings is 1. The molecule has 3 aromatic rings. The number of hydrogen-bond donors (Lipinski definition) is 2. The van der Waals surface area contributed by atoms with E-state index in [0.29, 0.717) is 19.0 Å². The van der Waals surface area contributed by atoms with Crippen molar-refractivity contribution in [3.63, 3.8) is 0 Å². The summed E-state index contributed by atoms with van der Waals surface area (Å²) in [5, 5.41) is 3.93. The highest BCUT2D eigenvalue weighted by Crippen LogP contribution is 2.33. The van der Waals surface area contributed by atoms with E-state index in [9.17, 15) is 18.0 Å². The number of piperidine rings is 1. The predicted molar refractivity (Wildman–Crippen MR) is 105 cm³/mol. The maximum atomic E-state index is 12.8. The van der Waals surface area contributed by atoms with E-state index in [-0.39, 0.29) is 18.1 Å². The first-order chi connectivity index (χ1) is 13.9. The molecule has 0 aliphatic carbocycles. The predicted octanol–water partition coefficient (Wildman–Crippen LogP) is 4.40. The van der Waals surface area contributed by atoms with Gasteiger partial charge in [0.05, 0.1) is 12.1 Å². The summed E-state index contributed by atoms with van der Waals surface area (Å²) in [4.78, 5) is 21.8. The number of carbonyl (C=O) groups excluding carboxylic acids is 1. The number of halogens is 3. The Bertz CT molecular complexity index is 1010. The van der Waals surface area contributed by atoms with Crippen molar-refractivity contribution in [3.8, 4) is 0 Å². The largest absolute Gasteiger partial charge is 0.416 e. The minimum absolute atomic E-state index is 0.0248. The molecule has 5 nitrogen and oxygen atoms in total. The molecule has 1 aromatic carbocycles. The van der Waals surface area contributed by atoms with E-state index >= 15 is 0 Å². The first kappa shape index (κ1) is 19.3. The van der Waals surface area contributed by atoms with Crippen LogP contribution < -0.4 is 5.32 Å². The zero-order valence-corrected chi connectivity index (χ0v) is 15.7. The van der Waals surface area contributed by atoms with E-state index in [1.807, 2.05) is 18.3 Å². The third kappa shape index (κ3) is 4.21. The fourth-order valence-electron chi connectivity index (χ4n) is 3.85. The van der Waals surface area contributed by atoms with Gasteiger partial charge in [-0.1, -0.05) is 6.07 Å². The third-order valence-corrected chi connectivity index (χ3v) is 5.40. The minimum Gasteiger partial charge on any atom is -0.376 e. The van der Waals surface area contributed by atoms with E-state index < -0.39 is 11.7 Å². The Labute approximate surface area is 165 Å². The van der Waals surface area contributed by atoms with Crippen molar-refractivity contribution < 1.29 is 18.0 Å². The van der Waals surface area contributed by atoms with Gasteiger partial charge in [-0.3, -0.25) is 4.79 Å². The zero-order chi connectivity index (χ0) is 20.4. The number of H-pyrrole nitrogens is 1. The number of rotatable bonds is 4. The van der Waals surface area contributed by atoms with Crippen molar-refractivity contribution in [2.45, 2.75) is 24.9 Å². The van der Waals surface area contributed by atoms with Crippen LogP contribution in [-0.4, -0.2) is 40.4 Å². The summed E-state index contributed by atoms with van der Waals surface area (Å²) in [5.41, 5.74) is 1.65. The van der Waals surface area contributed by atoms with Crippen LogP contribution in [0.1, 0.15) is 29.9 Å². The lowest BCUT2D eigenvalue weighted by Crippen LogP contribution is -2.40. The zero-order valence-electron chi connectivity index (χ0n) is 15.7. The molecule has 3 heterocycles. The van der Waals surface area contributed by atoms with Crippen LogP contribution >= 0.6 is 0 Å². The van der Waals surface area contributed by atoms with Crippen molar-refractivity contribution in [3.05, 3.63) is 59.9 Å². The number of hydrogen-bond acceptors (Lipinski definition) is 3. The van der Waals surface area contributed by atoms with Gasteiger partial charge in [0.2, 0.25) is 5.91 Å². The van der Waals surface area contributed by atoms with E-state index in [2.05, 4.69) is 15.3 Å². The van der Waals surface area contributed by atoms with Gasteiger partial charge >= 0.3 is 6.18 Å². The Morgan fingerprint density at radius 2 is 2.00 bits per heavy atom. The Kier molecular flexibility index (Phi) is 5.17. The molecule has 1 aliphatic rings. The molecule has 1 amide bonds. The highest BCUT2D eigenvalue weighted by molar-refractivity contribution is 5.82. The van der Waals surface area contributed by atoms with Crippen molar-refractivity contribution in [1.29, 1.82) is 0 Å². The average molecular weight is 402 g/mol. The molecule has 0 saturated carbocycles. The first-order valence-corrected chi connectivity index (χ1v) is 9.53. The topological polar surface area (TPSA) is 61.0 Å². The smallest absolute Gasteiger partial charge is 0.376 e. The number of fused-ring (bicyclic) bond motifs is 1. The van der Waals surface area contributed by atoms with Crippen LogP contribution in [0.15, 0.2) is 48.8 Å². The molecular formula is C21H21F3N4O. The quantitative estimate of drug-likeness (QED) is 0.680. The van der Waals surface area contributed by atoms with Crippen molar-refractivity contribution in [2.75, 3.05) is 25.0 Å². The summed E-state index contributed by atoms with van der Waals surface area (Å²) in [6.45, 7) is 1.23. The molecule has 152 valence electrons. The van der Waals surface area contributed by atoms with Gasteiger partial charge in [0.25, 0.3) is 0 Å². The number of carbonyl (C=O) groups is 1. The molecule has 2 N–H and O–H groups in total. The number of aromatic nitrogens is 2. The van der Waals surface area contributed by atoms with Crippen LogP contribution in [0.25, 0.3) is 11.0 Å². The highest BCUT2D eigenvalue weighted by Gasteiger charge is 2.30. The third-order valence-electron chi connectivity index (χ3n) is 5.40. The van der Waals surface area contributed by atoms with E-state index in [1.165, 1.54) is 17.7 Å². The molecular weight excluding hydrogens is 381 g/mol. The van der Waals surface area contributed by atoms with Crippen molar-refractivity contribution in [1.82, 2.24) is 14.9 Å². The molecule has 1 saturated heterocycles. The Morgan fingerprint density at radius 3 is 2.76 bits per heavy atom. The molecule has 1 fully saturated rings. The molecule has 1 aliphatic heterocycles. The normalized spacial score (nSPS) is 15.6. The van der Waals surface area contributed by atoms with Gasteiger partial charge < -0.3 is 15.2 Å². The van der Waals surface area contributed by atoms with E-state index in [0.717, 1.165) is 36.0 Å². The van der Waals surface area contributed by atoms with Gasteiger partial charge in [0, 0.05) is 36.6 Å². The molecule has 0 spiro atoms. The van der Waals surface area contributed by atoms with Crippen molar-refractivity contribution in [2.24, 2.45) is 0 Å². The molecule has 8 heteroatoms. The number of nitrogens with zero attached hydrogens (tertiary/aromatic N) is 2. The first-order valence-electron chi connectivity index (χ1n) is 9.53. The molecule has 29 heavy (non-hydrogen) atoms. The van der Waals surface area contributed by atoms with Gasteiger partial charge in [0.15, 0.2) is 0 Å². The van der Waals surface area contributed by atoms with Crippen LogP contribution in [-0.2, 0) is 11.0 Å². The second-order valence-corrected chi connectivity index (χ2v) is 7.23. The summed E-state index contributed by atoms with van der Waals surface area (Å²) in [6, 6.07) is 8.85. The molecule has 0 bridgehead atoms. The number of alkyl halides is 3. The van der Waals surface area contributed by atoms with Gasteiger partial charge in [-0.05, 0) is 54.7 Å². The van der Waals surface area contributed by atoms with Crippen LogP contribution in [0, 0.1) is 0 Å². The molecule has 0 radical (unpaired) electrons. The summed E-state index contributed by atoms with van der Waals surface area (Å²) >= 11 is 0. The lowest BCUT2D eigenvalue weighted by molar-refractivity contribution is -0.137. The minimum atomic E-state index is -4.40. The van der Waals surface area contributed by atoms with E-state index in [1.54, 1.807) is 11.1 Å². The second kappa shape index (κ2) is 7.77. The fourth-order valence-corrected chi connectivity index (χ4v) is 3.85. The second-order valence-electron chi connectivity index (χ2n) is 7.23. The SMILES string of the molecule is O=C(CNc1cccc(C(F)(F)F)c1)N1CCC(c2c[nH]c3ncccc23)CC1. The van der Waals surface area contributed by atoms with Crippen LogP contribution in [0.5, 0.6) is 0 Å². The maximum absolute atomic E-state index is 12.8. The Hall–Kier alpha value is -3.03. The summed E-state index contributed by atoms with van der Waals surface area (Å²) in [5.74, 6) is 0.245. The Balaban J connectivity index is 1.33. The Morgan fingerprint density at radius 1 is 1.21 bits per heavy atom. The molecule has 4 rings (SSSR count). The lowest BCUT2D eigenvalue weighted by Gasteiger charge is -2.32. The monoisotopic (exact) mass is 402 g/mol. The number of anilines is 1. The van der Waals surface area contributed by atoms with Gasteiger partial charge in [-0.2, -0.15) is 13.2 Å². The molecule has 0 unspecified atom stereocenters. The maximum Gasteiger partial charge on any atom is 0.416 e.